The summed E-state index contributed by atoms with van der Waals surface area (Å²) >= 11 is 0. The van der Waals surface area contributed by atoms with Crippen LogP contribution in [0, 0.1) is 17.7 Å². The first-order valence-electron chi connectivity index (χ1n) is 29.5. The van der Waals surface area contributed by atoms with Crippen LogP contribution in [0.15, 0.2) is 85.3 Å². The number of nitrogens with zero attached hydrogens (tertiary/aromatic N) is 9. The van der Waals surface area contributed by atoms with Crippen molar-refractivity contribution >= 4 is 109 Å². The number of carbonyl (C=O) groups is 4. The van der Waals surface area contributed by atoms with Crippen LogP contribution in [0.4, 0.5) is 73.4 Å². The molecule has 3 aliphatic heterocycles. The first-order chi connectivity index (χ1) is 43.7. The van der Waals surface area contributed by atoms with E-state index >= 15 is 0 Å². The van der Waals surface area contributed by atoms with Crippen LogP contribution in [0.5, 0.6) is 34.5 Å². The fourth-order valence-corrected chi connectivity index (χ4v) is 10.1. The molecule has 0 atom stereocenters. The molecule has 3 amide bonds. The zero-order chi connectivity index (χ0) is 62.8. The topological polar surface area (TPSA) is 322 Å². The van der Waals surface area contributed by atoms with Crippen molar-refractivity contribution in [3.8, 4) is 34.5 Å². The van der Waals surface area contributed by atoms with Crippen molar-refractivity contribution in [2.75, 3.05) is 109 Å². The number of hydrogen-bond acceptors (Lipinski definition) is 22. The van der Waals surface area contributed by atoms with Crippen molar-refractivity contribution in [3.63, 3.8) is 0 Å². The number of fused-ring (bicyclic) bond motifs is 6. The first-order valence-corrected chi connectivity index (χ1v) is 29.5. The maximum Gasteiger partial charge on any atom is 0.224 e. The summed E-state index contributed by atoms with van der Waals surface area (Å²) < 4.78 is 52.8. The Kier molecular flexibility index (Phi) is 18.5. The fraction of sp³-hybridized carbons (Fsp3) is 0.344. The number of halogens is 1. The van der Waals surface area contributed by atoms with Crippen LogP contribution in [0.2, 0.25) is 0 Å². The number of rotatable bonds is 19. The third kappa shape index (κ3) is 14.1. The molecule has 470 valence electrons. The molecule has 4 aliphatic rings. The molecule has 0 spiro atoms. The normalized spacial score (nSPS) is 13.6. The summed E-state index contributed by atoms with van der Waals surface area (Å²) in [7, 11) is 5.33. The predicted molar refractivity (Wildman–Crippen MR) is 337 cm³/mol. The molecule has 28 nitrogen and oxygen atoms in total. The van der Waals surface area contributed by atoms with Gasteiger partial charge >= 0.3 is 0 Å². The zero-order valence-electron chi connectivity index (χ0n) is 50.4. The van der Waals surface area contributed by atoms with E-state index in [1.54, 1.807) is 41.6 Å². The lowest BCUT2D eigenvalue weighted by Crippen LogP contribution is -2.20. The van der Waals surface area contributed by atoms with Crippen LogP contribution in [0.3, 0.4) is 0 Å². The summed E-state index contributed by atoms with van der Waals surface area (Å²) in [4.78, 5) is 61.8. The van der Waals surface area contributed by atoms with Crippen molar-refractivity contribution in [2.45, 2.75) is 65.7 Å². The Balaban J connectivity index is 0.000000139. The van der Waals surface area contributed by atoms with Gasteiger partial charge in [0.25, 0.3) is 0 Å². The molecule has 0 radical (unpaired) electrons. The van der Waals surface area contributed by atoms with Crippen LogP contribution in [0.1, 0.15) is 65.7 Å². The number of ketones is 1. The second-order valence-corrected chi connectivity index (χ2v) is 21.7. The van der Waals surface area contributed by atoms with E-state index < -0.39 is 5.82 Å². The van der Waals surface area contributed by atoms with E-state index in [1.807, 2.05) is 69.4 Å². The minimum absolute atomic E-state index is 0.00319. The Morgan fingerprint density at radius 3 is 1.38 bits per heavy atom. The predicted octanol–water partition coefficient (Wildman–Crippen LogP) is 9.42. The number of hydrogen-bond donors (Lipinski definition) is 9. The van der Waals surface area contributed by atoms with Gasteiger partial charge in [0, 0.05) is 77.2 Å². The van der Waals surface area contributed by atoms with Crippen molar-refractivity contribution in [1.82, 2.24) is 43.8 Å². The summed E-state index contributed by atoms with van der Waals surface area (Å²) in [6, 6.07) is 19.3. The number of nitrogens with one attached hydrogen (secondary N) is 9. The van der Waals surface area contributed by atoms with E-state index in [0.29, 0.717) is 156 Å². The van der Waals surface area contributed by atoms with Gasteiger partial charge in [-0.25, -0.2) is 19.3 Å². The lowest BCUT2D eigenvalue weighted by Gasteiger charge is -2.24. The minimum Gasteiger partial charge on any atom is -0.486 e. The number of para-hydroxylation sites is 2. The first kappa shape index (κ1) is 60.8. The van der Waals surface area contributed by atoms with E-state index in [1.165, 1.54) is 36.2 Å². The van der Waals surface area contributed by atoms with Crippen LogP contribution >= 0.6 is 0 Å². The molecule has 13 rings (SSSR count). The van der Waals surface area contributed by atoms with Crippen LogP contribution in [0.25, 0.3) is 16.9 Å². The van der Waals surface area contributed by atoms with E-state index in [9.17, 15) is 23.6 Å². The Bertz CT molecular complexity index is 4130. The zero-order valence-corrected chi connectivity index (χ0v) is 50.4. The average molecular weight is 1230 g/mol. The maximum absolute atomic E-state index is 14.0. The number of benzene rings is 3. The third-order valence-electron chi connectivity index (χ3n) is 14.5. The molecule has 90 heavy (non-hydrogen) atoms. The van der Waals surface area contributed by atoms with Gasteiger partial charge in [-0.3, -0.25) is 14.4 Å². The molecule has 1 fully saturated rings. The fourth-order valence-electron chi connectivity index (χ4n) is 10.1. The third-order valence-corrected chi connectivity index (χ3v) is 14.5. The molecule has 6 aromatic heterocycles. The largest absolute Gasteiger partial charge is 0.486 e. The highest BCUT2D eigenvalue weighted by molar-refractivity contribution is 5.97. The molecule has 0 bridgehead atoms. The molecule has 9 N–H and O–H groups in total. The Morgan fingerprint density at radius 2 is 0.944 bits per heavy atom. The van der Waals surface area contributed by atoms with Gasteiger partial charge in [0.1, 0.15) is 103 Å². The van der Waals surface area contributed by atoms with Crippen molar-refractivity contribution in [3.05, 3.63) is 91.1 Å². The summed E-state index contributed by atoms with van der Waals surface area (Å²) in [6.07, 6.45) is 9.38. The Hall–Kier alpha value is -10.9. The van der Waals surface area contributed by atoms with Gasteiger partial charge in [0.2, 0.25) is 17.7 Å². The lowest BCUT2D eigenvalue weighted by atomic mass is 9.83. The molecular formula is C61H69FN18O10. The van der Waals surface area contributed by atoms with E-state index in [4.69, 9.17) is 33.4 Å². The number of anilines is 12. The maximum atomic E-state index is 14.0. The molecule has 1 aliphatic carbocycles. The van der Waals surface area contributed by atoms with Gasteiger partial charge in [0.15, 0.2) is 51.4 Å². The summed E-state index contributed by atoms with van der Waals surface area (Å²) in [5.74, 6) is 6.87. The molecule has 9 heterocycles. The van der Waals surface area contributed by atoms with Crippen molar-refractivity contribution < 1.29 is 52.0 Å². The van der Waals surface area contributed by atoms with Gasteiger partial charge in [-0.05, 0) is 55.9 Å². The molecule has 0 unspecified atom stereocenters. The van der Waals surface area contributed by atoms with Crippen LogP contribution in [-0.4, -0.2) is 128 Å². The molecule has 0 saturated heterocycles. The summed E-state index contributed by atoms with van der Waals surface area (Å²) in [5, 5.41) is 40.5. The highest BCUT2D eigenvalue weighted by Gasteiger charge is 2.25. The molecule has 9 aromatic rings. The lowest BCUT2D eigenvalue weighted by molar-refractivity contribution is -0.121. The van der Waals surface area contributed by atoms with Gasteiger partial charge in [-0.1, -0.05) is 32.4 Å². The van der Waals surface area contributed by atoms with E-state index in [-0.39, 0.29) is 42.3 Å². The molecule has 1 saturated carbocycles. The van der Waals surface area contributed by atoms with Crippen molar-refractivity contribution in [2.24, 2.45) is 11.8 Å². The molecule has 3 aromatic carbocycles. The number of ether oxygens (including phenoxy) is 6. The quantitative estimate of drug-likeness (QED) is 0.0364. The highest BCUT2D eigenvalue weighted by atomic mass is 19.1. The van der Waals surface area contributed by atoms with Gasteiger partial charge < -0.3 is 81.1 Å². The monoisotopic (exact) mass is 1230 g/mol. The molecule has 29 heteroatoms. The summed E-state index contributed by atoms with van der Waals surface area (Å²) in [5.41, 5.74) is 4.89. The number of aromatic nitrogens is 9. The highest BCUT2D eigenvalue weighted by Crippen LogP contribution is 2.42. The van der Waals surface area contributed by atoms with Crippen LogP contribution < -0.4 is 76.3 Å². The standard InChI is InChI=1S/C21H24N6O3.C20H21FN6O4.C20H24N6O3/c1-22-18-11-17(24-14-6-3-7-16-20(14)30-9-8-29-16)26-21-15(12-23-27(18)21)25-19(28)10-13-4-2-5-13;1-11(28)3-4-18(29)25-14-10-23-27-17(22-2)9-16(26-20(14)27)24-13-7-12(21)8-15-19(13)31-6-5-30-15;1-12(2)9-18(27)24-14-11-22-26-17(21-3)10-16(25-20(14)26)23-13-5-4-6-15-19(13)29-8-7-28-15/h3,6-7,11-13,22H,2,4-5,8-10H2,1H3,(H,24,26)(H,25,28);7-10,22H,3-6H2,1-2H3,(H,24,26)(H,25,29);4-6,10-12,21H,7-9H2,1-3H3,(H,23,25)(H,24,27). The van der Waals surface area contributed by atoms with Gasteiger partial charge in [-0.2, -0.15) is 28.8 Å². The average Bonchev–Trinajstić information content (AvgIpc) is 1.60. The van der Waals surface area contributed by atoms with Gasteiger partial charge in [-0.15, -0.1) is 0 Å². The molecular weight excluding hydrogens is 1160 g/mol. The second kappa shape index (κ2) is 27.4. The number of carbonyl (C=O) groups excluding carboxylic acids is 4. The van der Waals surface area contributed by atoms with Gasteiger partial charge in [0.05, 0.1) is 35.7 Å². The Labute approximate surface area is 515 Å². The van der Waals surface area contributed by atoms with Crippen LogP contribution in [-0.2, 0) is 19.2 Å². The number of amides is 3. The van der Waals surface area contributed by atoms with E-state index in [0.717, 1.165) is 35.9 Å². The second-order valence-electron chi connectivity index (χ2n) is 21.7. The van der Waals surface area contributed by atoms with Crippen molar-refractivity contribution in [1.29, 1.82) is 0 Å². The smallest absolute Gasteiger partial charge is 0.224 e. The minimum atomic E-state index is -0.482. The number of Topliss-reactive ketones (excluding diaryl/α,β-unsaturated/α-hetero) is 1. The summed E-state index contributed by atoms with van der Waals surface area (Å²) in [6.45, 7) is 8.18. The Morgan fingerprint density at radius 1 is 0.522 bits per heavy atom. The SMILES string of the molecule is CNc1cc(Nc2cc(F)cc3c2OCCO3)nc2c(NC(=O)CCC(C)=O)cnn12.CNc1cc(Nc2cccc3c2OCCO3)nc2c(NC(=O)CC(C)C)cnn12.CNc1cc(Nc2cccc3c2OCCO3)nc2c(NC(=O)CC3CCC3)cnn12. The van der Waals surface area contributed by atoms with E-state index in [2.05, 4.69) is 73.1 Å².